The largest absolute Gasteiger partial charge is 0.391 e. The topological polar surface area (TPSA) is 58.4 Å². The number of aliphatic hydroxyl groups is 1. The van der Waals surface area contributed by atoms with Gasteiger partial charge in [0.05, 0.1) is 6.10 Å². The number of hydrogen-bond donors (Lipinski definition) is 1. The summed E-state index contributed by atoms with van der Waals surface area (Å²) in [5.74, 6) is 0.0234. The van der Waals surface area contributed by atoms with Crippen molar-refractivity contribution in [2.75, 3.05) is 13.1 Å². The monoisotopic (exact) mass is 209 g/mol. The number of aromatic nitrogens is 2. The standard InChI is InChI=1S/C10H15N3O2/c1-8(13-5-2-4-11-13)10(15)12-6-3-9(14)7-12/h2,4-5,8-9,14H,3,6-7H2,1H3/t8?,9-/m1/s1. The molecule has 0 saturated carbocycles. The number of nitrogens with zero attached hydrogens (tertiary/aromatic N) is 3. The van der Waals surface area contributed by atoms with Crippen molar-refractivity contribution in [3.8, 4) is 0 Å². The number of rotatable bonds is 2. The van der Waals surface area contributed by atoms with Crippen LogP contribution in [0.25, 0.3) is 0 Å². The van der Waals surface area contributed by atoms with Crippen molar-refractivity contribution in [2.24, 2.45) is 0 Å². The van der Waals surface area contributed by atoms with Crippen LogP contribution in [0.15, 0.2) is 18.5 Å². The third kappa shape index (κ3) is 2.02. The van der Waals surface area contributed by atoms with E-state index in [1.54, 1.807) is 28.0 Å². The Bertz CT molecular complexity index is 336. The molecule has 1 aliphatic heterocycles. The quantitative estimate of drug-likeness (QED) is 0.748. The van der Waals surface area contributed by atoms with E-state index in [9.17, 15) is 9.90 Å². The fourth-order valence-corrected chi connectivity index (χ4v) is 1.83. The van der Waals surface area contributed by atoms with Gasteiger partial charge in [-0.15, -0.1) is 0 Å². The van der Waals surface area contributed by atoms with Crippen molar-refractivity contribution in [3.05, 3.63) is 18.5 Å². The molecule has 1 aromatic rings. The molecule has 82 valence electrons. The average molecular weight is 209 g/mol. The Morgan fingerprint density at radius 3 is 3.00 bits per heavy atom. The predicted molar refractivity (Wildman–Crippen MR) is 54.1 cm³/mol. The summed E-state index contributed by atoms with van der Waals surface area (Å²) in [6.45, 7) is 2.91. The van der Waals surface area contributed by atoms with Crippen LogP contribution in [0.1, 0.15) is 19.4 Å². The Kier molecular flexibility index (Phi) is 2.73. The number of aliphatic hydroxyl groups excluding tert-OH is 1. The lowest BCUT2D eigenvalue weighted by molar-refractivity contribution is -0.133. The molecule has 1 fully saturated rings. The van der Waals surface area contributed by atoms with Crippen molar-refractivity contribution < 1.29 is 9.90 Å². The highest BCUT2D eigenvalue weighted by molar-refractivity contribution is 5.80. The molecule has 1 unspecified atom stereocenters. The molecular formula is C10H15N3O2. The van der Waals surface area contributed by atoms with Crippen molar-refractivity contribution in [3.63, 3.8) is 0 Å². The van der Waals surface area contributed by atoms with E-state index < -0.39 is 0 Å². The highest BCUT2D eigenvalue weighted by Crippen LogP contribution is 2.15. The highest BCUT2D eigenvalue weighted by atomic mass is 16.3. The van der Waals surface area contributed by atoms with Gasteiger partial charge in [0, 0.05) is 25.5 Å². The molecule has 2 atom stereocenters. The van der Waals surface area contributed by atoms with Gasteiger partial charge in [-0.3, -0.25) is 9.48 Å². The van der Waals surface area contributed by atoms with Gasteiger partial charge in [0.15, 0.2) is 0 Å². The van der Waals surface area contributed by atoms with Crippen LogP contribution >= 0.6 is 0 Å². The lowest BCUT2D eigenvalue weighted by atomic mass is 10.3. The summed E-state index contributed by atoms with van der Waals surface area (Å²) in [4.78, 5) is 13.6. The summed E-state index contributed by atoms with van der Waals surface area (Å²) in [5, 5.41) is 13.4. The summed E-state index contributed by atoms with van der Waals surface area (Å²) in [7, 11) is 0. The first-order valence-electron chi connectivity index (χ1n) is 5.14. The minimum absolute atomic E-state index is 0.0234. The number of likely N-dealkylation sites (tertiary alicyclic amines) is 1. The normalized spacial score (nSPS) is 23.1. The zero-order valence-corrected chi connectivity index (χ0v) is 8.71. The van der Waals surface area contributed by atoms with Gasteiger partial charge in [0.2, 0.25) is 5.91 Å². The van der Waals surface area contributed by atoms with E-state index in [0.29, 0.717) is 19.5 Å². The maximum absolute atomic E-state index is 11.9. The molecular weight excluding hydrogens is 194 g/mol. The lowest BCUT2D eigenvalue weighted by Crippen LogP contribution is -2.35. The first kappa shape index (κ1) is 10.2. The Morgan fingerprint density at radius 1 is 1.67 bits per heavy atom. The molecule has 0 aromatic carbocycles. The Balaban J connectivity index is 2.02. The second kappa shape index (κ2) is 4.02. The first-order chi connectivity index (χ1) is 7.18. The summed E-state index contributed by atoms with van der Waals surface area (Å²) >= 11 is 0. The second-order valence-corrected chi connectivity index (χ2v) is 3.89. The highest BCUT2D eigenvalue weighted by Gasteiger charge is 2.28. The minimum Gasteiger partial charge on any atom is -0.391 e. The molecule has 1 saturated heterocycles. The van der Waals surface area contributed by atoms with Crippen molar-refractivity contribution in [1.29, 1.82) is 0 Å². The van der Waals surface area contributed by atoms with Crippen LogP contribution in [0.2, 0.25) is 0 Å². The maximum Gasteiger partial charge on any atom is 0.247 e. The summed E-state index contributed by atoms with van der Waals surface area (Å²) in [6.07, 6.45) is 3.74. The molecule has 1 N–H and O–H groups in total. The van der Waals surface area contributed by atoms with Crippen LogP contribution in [0.4, 0.5) is 0 Å². The van der Waals surface area contributed by atoms with E-state index >= 15 is 0 Å². The number of β-amino-alcohol motifs (C(OH)–C–C–N with tert-alkyl or cyclic N) is 1. The van der Waals surface area contributed by atoms with Crippen LogP contribution < -0.4 is 0 Å². The van der Waals surface area contributed by atoms with Gasteiger partial charge < -0.3 is 10.0 Å². The molecule has 0 bridgehead atoms. The van der Waals surface area contributed by atoms with E-state index in [1.807, 2.05) is 6.92 Å². The predicted octanol–water partition coefficient (Wildman–Crippen LogP) is 0.0373. The summed E-state index contributed by atoms with van der Waals surface area (Å²) in [6, 6.07) is 1.51. The van der Waals surface area contributed by atoms with Crippen molar-refractivity contribution in [2.45, 2.75) is 25.5 Å². The van der Waals surface area contributed by atoms with Crippen LogP contribution in [0.5, 0.6) is 0 Å². The van der Waals surface area contributed by atoms with Crippen LogP contribution in [0.3, 0.4) is 0 Å². The van der Waals surface area contributed by atoms with Gasteiger partial charge in [-0.05, 0) is 19.4 Å². The van der Waals surface area contributed by atoms with Gasteiger partial charge in [-0.25, -0.2) is 0 Å². The van der Waals surface area contributed by atoms with Gasteiger partial charge in [0.25, 0.3) is 0 Å². The minimum atomic E-state index is -0.362. The van der Waals surface area contributed by atoms with E-state index in [-0.39, 0.29) is 18.1 Å². The second-order valence-electron chi connectivity index (χ2n) is 3.89. The fourth-order valence-electron chi connectivity index (χ4n) is 1.83. The summed E-state index contributed by atoms with van der Waals surface area (Å²) in [5.41, 5.74) is 0. The third-order valence-electron chi connectivity index (χ3n) is 2.75. The zero-order chi connectivity index (χ0) is 10.8. The SMILES string of the molecule is CC(C(=O)N1CC[C@@H](O)C1)n1cccn1. The molecule has 2 rings (SSSR count). The smallest absolute Gasteiger partial charge is 0.247 e. The maximum atomic E-state index is 11.9. The van der Waals surface area contributed by atoms with E-state index in [1.165, 1.54) is 0 Å². The van der Waals surface area contributed by atoms with Gasteiger partial charge in [-0.1, -0.05) is 0 Å². The number of carbonyl (C=O) groups is 1. The molecule has 5 heteroatoms. The fraction of sp³-hybridized carbons (Fsp3) is 0.600. The molecule has 5 nitrogen and oxygen atoms in total. The van der Waals surface area contributed by atoms with Gasteiger partial charge in [0.1, 0.15) is 6.04 Å². The Labute approximate surface area is 88.3 Å². The molecule has 1 amide bonds. The van der Waals surface area contributed by atoms with Gasteiger partial charge in [-0.2, -0.15) is 5.10 Å². The molecule has 0 spiro atoms. The third-order valence-corrected chi connectivity index (χ3v) is 2.75. The van der Waals surface area contributed by atoms with E-state index in [4.69, 9.17) is 0 Å². The molecule has 2 heterocycles. The van der Waals surface area contributed by atoms with Crippen LogP contribution in [0, 0.1) is 0 Å². The lowest BCUT2D eigenvalue weighted by Gasteiger charge is -2.20. The van der Waals surface area contributed by atoms with Crippen LogP contribution in [-0.2, 0) is 4.79 Å². The molecule has 15 heavy (non-hydrogen) atoms. The number of amides is 1. The average Bonchev–Trinajstić information content (AvgIpc) is 2.85. The van der Waals surface area contributed by atoms with Crippen molar-refractivity contribution in [1.82, 2.24) is 14.7 Å². The molecule has 1 aliphatic rings. The molecule has 0 aliphatic carbocycles. The zero-order valence-electron chi connectivity index (χ0n) is 8.71. The molecule has 0 radical (unpaired) electrons. The Morgan fingerprint density at radius 2 is 2.47 bits per heavy atom. The number of carbonyl (C=O) groups excluding carboxylic acids is 1. The van der Waals surface area contributed by atoms with E-state index in [0.717, 1.165) is 0 Å². The van der Waals surface area contributed by atoms with Gasteiger partial charge >= 0.3 is 0 Å². The molecule has 1 aromatic heterocycles. The Hall–Kier alpha value is -1.36. The van der Waals surface area contributed by atoms with Crippen LogP contribution in [-0.4, -0.2) is 44.9 Å². The first-order valence-corrected chi connectivity index (χ1v) is 5.14. The van der Waals surface area contributed by atoms with Crippen molar-refractivity contribution >= 4 is 5.91 Å². The summed E-state index contributed by atoms with van der Waals surface area (Å²) < 4.78 is 1.63. The number of hydrogen-bond acceptors (Lipinski definition) is 3. The van der Waals surface area contributed by atoms with E-state index in [2.05, 4.69) is 5.10 Å².